The summed E-state index contributed by atoms with van der Waals surface area (Å²) in [4.78, 5) is 39.4. The van der Waals surface area contributed by atoms with E-state index in [1.54, 1.807) is 11.8 Å². The molecule has 2 amide bonds. The second-order valence-electron chi connectivity index (χ2n) is 6.20. The minimum absolute atomic E-state index is 0.0966. The largest absolute Gasteiger partial charge is 0.466 e. The third kappa shape index (κ3) is 5.03. The molecular formula is C18H22BrFN2O4. The van der Waals surface area contributed by atoms with Crippen molar-refractivity contribution in [3.8, 4) is 0 Å². The second kappa shape index (κ2) is 9.12. The van der Waals surface area contributed by atoms with E-state index in [-0.39, 0.29) is 34.4 Å². The van der Waals surface area contributed by atoms with Gasteiger partial charge in [-0.15, -0.1) is 0 Å². The molecule has 142 valence electrons. The molecule has 1 aromatic carbocycles. The van der Waals surface area contributed by atoms with Gasteiger partial charge in [0.15, 0.2) is 0 Å². The van der Waals surface area contributed by atoms with E-state index in [0.717, 1.165) is 6.07 Å². The quantitative estimate of drug-likeness (QED) is 0.675. The van der Waals surface area contributed by atoms with E-state index >= 15 is 0 Å². The van der Waals surface area contributed by atoms with Crippen LogP contribution < -0.4 is 0 Å². The lowest BCUT2D eigenvalue weighted by atomic mass is 9.97. The number of carbonyl (C=O) groups is 3. The molecule has 0 radical (unpaired) electrons. The van der Waals surface area contributed by atoms with Crippen LogP contribution in [-0.2, 0) is 14.3 Å². The van der Waals surface area contributed by atoms with Crippen LogP contribution in [0.25, 0.3) is 0 Å². The minimum atomic E-state index is -0.531. The number of ether oxygens (including phenoxy) is 1. The molecule has 1 aliphatic heterocycles. The van der Waals surface area contributed by atoms with Gasteiger partial charge in [-0.25, -0.2) is 4.39 Å². The molecule has 1 aliphatic rings. The number of halogens is 2. The summed E-state index contributed by atoms with van der Waals surface area (Å²) in [6.45, 7) is 2.93. The average Bonchev–Trinajstić information content (AvgIpc) is 2.63. The Morgan fingerprint density at radius 3 is 2.54 bits per heavy atom. The number of likely N-dealkylation sites (tertiary alicyclic amines) is 1. The third-order valence-corrected chi connectivity index (χ3v) is 5.00. The first-order valence-electron chi connectivity index (χ1n) is 8.48. The Bertz CT molecular complexity index is 690. The predicted octanol–water partition coefficient (Wildman–Crippen LogP) is 2.46. The Morgan fingerprint density at radius 1 is 1.31 bits per heavy atom. The fourth-order valence-corrected chi connectivity index (χ4v) is 3.10. The lowest BCUT2D eigenvalue weighted by molar-refractivity contribution is -0.151. The molecule has 1 fully saturated rings. The number of piperidine rings is 1. The first kappa shape index (κ1) is 20.4. The normalized spacial score (nSPS) is 14.8. The Hall–Kier alpha value is -1.96. The van der Waals surface area contributed by atoms with Crippen LogP contribution in [0.5, 0.6) is 0 Å². The highest BCUT2D eigenvalue weighted by Gasteiger charge is 2.29. The van der Waals surface area contributed by atoms with Gasteiger partial charge in [0.1, 0.15) is 5.82 Å². The number of amides is 2. The van der Waals surface area contributed by atoms with E-state index in [0.29, 0.717) is 32.5 Å². The summed E-state index contributed by atoms with van der Waals surface area (Å²) in [5, 5.41) is 0. The molecule has 0 spiro atoms. The van der Waals surface area contributed by atoms with Gasteiger partial charge in [-0.1, -0.05) is 0 Å². The number of nitrogens with zero attached hydrogens (tertiary/aromatic N) is 2. The summed E-state index contributed by atoms with van der Waals surface area (Å²) in [6.07, 6.45) is 1.11. The van der Waals surface area contributed by atoms with Gasteiger partial charge in [-0.05, 0) is 53.9 Å². The van der Waals surface area contributed by atoms with Crippen molar-refractivity contribution in [2.45, 2.75) is 19.8 Å². The van der Waals surface area contributed by atoms with Gasteiger partial charge in [0.05, 0.1) is 23.5 Å². The summed E-state index contributed by atoms with van der Waals surface area (Å²) < 4.78 is 18.9. The highest BCUT2D eigenvalue weighted by atomic mass is 79.9. The Morgan fingerprint density at radius 2 is 1.96 bits per heavy atom. The first-order chi connectivity index (χ1) is 12.3. The summed E-state index contributed by atoms with van der Waals surface area (Å²) in [5.41, 5.74) is 0.182. The van der Waals surface area contributed by atoms with Crippen LogP contribution >= 0.6 is 15.9 Å². The number of benzene rings is 1. The van der Waals surface area contributed by atoms with Gasteiger partial charge in [0.25, 0.3) is 5.91 Å². The average molecular weight is 429 g/mol. The van der Waals surface area contributed by atoms with Crippen LogP contribution in [-0.4, -0.2) is 60.9 Å². The molecular weight excluding hydrogens is 407 g/mol. The molecule has 6 nitrogen and oxygen atoms in total. The molecule has 0 bridgehead atoms. The van der Waals surface area contributed by atoms with Crippen molar-refractivity contribution in [2.24, 2.45) is 5.92 Å². The Kier molecular flexibility index (Phi) is 7.14. The van der Waals surface area contributed by atoms with E-state index in [2.05, 4.69) is 15.9 Å². The second-order valence-corrected chi connectivity index (χ2v) is 7.05. The molecule has 1 saturated heterocycles. The van der Waals surface area contributed by atoms with Gasteiger partial charge in [0.2, 0.25) is 5.91 Å². The lowest BCUT2D eigenvalue weighted by Crippen LogP contribution is -2.45. The summed E-state index contributed by atoms with van der Waals surface area (Å²) >= 11 is 3.04. The number of esters is 1. The van der Waals surface area contributed by atoms with Crippen LogP contribution in [0.4, 0.5) is 4.39 Å². The van der Waals surface area contributed by atoms with Crippen molar-refractivity contribution in [1.29, 1.82) is 0 Å². The smallest absolute Gasteiger partial charge is 0.309 e. The van der Waals surface area contributed by atoms with Gasteiger partial charge < -0.3 is 14.5 Å². The van der Waals surface area contributed by atoms with Gasteiger partial charge in [-0.3, -0.25) is 14.4 Å². The first-order valence-corrected chi connectivity index (χ1v) is 9.27. The van der Waals surface area contributed by atoms with Gasteiger partial charge in [-0.2, -0.15) is 0 Å². The molecule has 1 heterocycles. The van der Waals surface area contributed by atoms with E-state index in [1.165, 1.54) is 24.1 Å². The fourth-order valence-electron chi connectivity index (χ4n) is 2.85. The monoisotopic (exact) mass is 428 g/mol. The highest BCUT2D eigenvalue weighted by molar-refractivity contribution is 9.10. The topological polar surface area (TPSA) is 66.9 Å². The van der Waals surface area contributed by atoms with Crippen LogP contribution in [0.3, 0.4) is 0 Å². The van der Waals surface area contributed by atoms with Gasteiger partial charge in [0, 0.05) is 25.7 Å². The standard InChI is InChI=1S/C18H22BrFN2O4/c1-3-26-18(25)12-6-8-22(9-7-12)16(23)11-21(2)17(24)13-4-5-14(19)15(20)10-13/h4-5,10,12H,3,6-9,11H2,1-2H3. The zero-order chi connectivity index (χ0) is 19.3. The van der Waals surface area contributed by atoms with Crippen LogP contribution in [0.2, 0.25) is 0 Å². The van der Waals surface area contributed by atoms with Crippen LogP contribution in [0.1, 0.15) is 30.1 Å². The van der Waals surface area contributed by atoms with Gasteiger partial charge >= 0.3 is 5.97 Å². The molecule has 26 heavy (non-hydrogen) atoms. The Labute approximate surface area is 160 Å². The molecule has 2 rings (SSSR count). The molecule has 0 unspecified atom stereocenters. The summed E-state index contributed by atoms with van der Waals surface area (Å²) in [7, 11) is 1.51. The fraction of sp³-hybridized carbons (Fsp3) is 0.500. The van der Waals surface area contributed by atoms with Crippen LogP contribution in [0.15, 0.2) is 22.7 Å². The molecule has 0 atom stereocenters. The lowest BCUT2D eigenvalue weighted by Gasteiger charge is -2.32. The predicted molar refractivity (Wildman–Crippen MR) is 97.0 cm³/mol. The minimum Gasteiger partial charge on any atom is -0.466 e. The van der Waals surface area contributed by atoms with Crippen molar-refractivity contribution in [3.05, 3.63) is 34.1 Å². The van der Waals surface area contributed by atoms with E-state index in [1.807, 2.05) is 0 Å². The summed E-state index contributed by atoms with van der Waals surface area (Å²) in [6, 6.07) is 4.10. The summed E-state index contributed by atoms with van der Waals surface area (Å²) in [5.74, 6) is -1.54. The van der Waals surface area contributed by atoms with Crippen molar-refractivity contribution in [3.63, 3.8) is 0 Å². The molecule has 0 saturated carbocycles. The maximum atomic E-state index is 13.6. The van der Waals surface area contributed by atoms with Crippen molar-refractivity contribution in [2.75, 3.05) is 33.3 Å². The SMILES string of the molecule is CCOC(=O)C1CCN(C(=O)CN(C)C(=O)c2ccc(Br)c(F)c2)CC1. The zero-order valence-corrected chi connectivity index (χ0v) is 16.4. The molecule has 0 N–H and O–H groups in total. The highest BCUT2D eigenvalue weighted by Crippen LogP contribution is 2.20. The number of carbonyl (C=O) groups excluding carboxylic acids is 3. The molecule has 0 aromatic heterocycles. The third-order valence-electron chi connectivity index (χ3n) is 4.35. The van der Waals surface area contributed by atoms with E-state index in [4.69, 9.17) is 4.74 Å². The maximum absolute atomic E-state index is 13.6. The van der Waals surface area contributed by atoms with E-state index in [9.17, 15) is 18.8 Å². The molecule has 1 aromatic rings. The number of likely N-dealkylation sites (N-methyl/N-ethyl adjacent to an activating group) is 1. The maximum Gasteiger partial charge on any atom is 0.309 e. The number of hydrogen-bond donors (Lipinski definition) is 0. The van der Waals surface area contributed by atoms with Crippen molar-refractivity contribution in [1.82, 2.24) is 9.80 Å². The number of rotatable bonds is 5. The molecule has 8 heteroatoms. The Balaban J connectivity index is 1.88. The van der Waals surface area contributed by atoms with Crippen LogP contribution in [0, 0.1) is 11.7 Å². The van der Waals surface area contributed by atoms with Crippen molar-refractivity contribution < 1.29 is 23.5 Å². The van der Waals surface area contributed by atoms with E-state index < -0.39 is 11.7 Å². The number of hydrogen-bond acceptors (Lipinski definition) is 4. The zero-order valence-electron chi connectivity index (χ0n) is 14.8. The van der Waals surface area contributed by atoms with Crippen molar-refractivity contribution >= 4 is 33.7 Å². The molecule has 0 aliphatic carbocycles.